The van der Waals surface area contributed by atoms with Crippen LogP contribution in [0.15, 0.2) is 35.2 Å². The minimum Gasteiger partial charge on any atom is -0.314 e. The molecule has 0 spiro atoms. The minimum absolute atomic E-state index is 0.662. The van der Waals surface area contributed by atoms with Crippen molar-refractivity contribution in [1.29, 1.82) is 0 Å². The summed E-state index contributed by atoms with van der Waals surface area (Å²) in [4.78, 5) is 4.00. The van der Waals surface area contributed by atoms with Crippen molar-refractivity contribution in [1.82, 2.24) is 10.2 Å². The van der Waals surface area contributed by atoms with Gasteiger partial charge in [-0.2, -0.15) is 0 Å². The molecule has 1 aliphatic rings. The summed E-state index contributed by atoms with van der Waals surface area (Å²) in [5, 5.41) is 3.47. The molecule has 0 bridgehead atoms. The van der Waals surface area contributed by atoms with Crippen LogP contribution in [0.4, 0.5) is 0 Å². The van der Waals surface area contributed by atoms with Gasteiger partial charge in [-0.25, -0.2) is 0 Å². The molecule has 2 rings (SSSR count). The second-order valence-corrected chi connectivity index (χ2v) is 5.92. The van der Waals surface area contributed by atoms with Crippen molar-refractivity contribution in [3.05, 3.63) is 30.3 Å². The van der Waals surface area contributed by atoms with E-state index in [0.717, 1.165) is 13.1 Å². The Balaban J connectivity index is 1.77. The van der Waals surface area contributed by atoms with E-state index in [1.165, 1.54) is 17.2 Å². The molecule has 1 heterocycles. The average Bonchev–Trinajstić information content (AvgIpc) is 2.34. The van der Waals surface area contributed by atoms with Crippen molar-refractivity contribution in [3.8, 4) is 0 Å². The van der Waals surface area contributed by atoms with Crippen LogP contribution < -0.4 is 5.32 Å². The molecule has 0 amide bonds. The number of rotatable bonds is 4. The van der Waals surface area contributed by atoms with Crippen molar-refractivity contribution >= 4 is 11.8 Å². The molecule has 0 radical (unpaired) electrons. The van der Waals surface area contributed by atoms with E-state index in [2.05, 4.69) is 54.4 Å². The van der Waals surface area contributed by atoms with E-state index >= 15 is 0 Å². The summed E-state index contributed by atoms with van der Waals surface area (Å²) >= 11 is 1.96. The third kappa shape index (κ3) is 3.73. The Labute approximate surface area is 109 Å². The highest BCUT2D eigenvalue weighted by molar-refractivity contribution is 7.99. The maximum atomic E-state index is 3.47. The largest absolute Gasteiger partial charge is 0.314 e. The van der Waals surface area contributed by atoms with Gasteiger partial charge < -0.3 is 5.32 Å². The summed E-state index contributed by atoms with van der Waals surface area (Å²) in [6.07, 6.45) is 0. The quantitative estimate of drug-likeness (QED) is 0.827. The summed E-state index contributed by atoms with van der Waals surface area (Å²) in [6.45, 7) is 8.07. The van der Waals surface area contributed by atoms with Crippen LogP contribution in [0.3, 0.4) is 0 Å². The van der Waals surface area contributed by atoms with Gasteiger partial charge in [0.1, 0.15) is 0 Å². The number of benzene rings is 1. The van der Waals surface area contributed by atoms with Gasteiger partial charge in [-0.15, -0.1) is 11.8 Å². The van der Waals surface area contributed by atoms with Gasteiger partial charge in [0, 0.05) is 42.4 Å². The van der Waals surface area contributed by atoms with Crippen molar-refractivity contribution in [3.63, 3.8) is 0 Å². The first-order valence-corrected chi connectivity index (χ1v) is 7.40. The Morgan fingerprint density at radius 1 is 1.18 bits per heavy atom. The highest BCUT2D eigenvalue weighted by Gasteiger charge is 2.23. The number of piperazine rings is 1. The van der Waals surface area contributed by atoms with Crippen LogP contribution in [0, 0.1) is 0 Å². The smallest absolute Gasteiger partial charge is 0.0196 e. The summed E-state index contributed by atoms with van der Waals surface area (Å²) < 4.78 is 0. The van der Waals surface area contributed by atoms with Gasteiger partial charge in [0.05, 0.1) is 0 Å². The molecule has 1 N–H and O–H groups in total. The Morgan fingerprint density at radius 2 is 1.82 bits per heavy atom. The SMILES string of the molecule is CC1CNCC(C)N1CCSc1ccccc1. The van der Waals surface area contributed by atoms with E-state index in [1.807, 2.05) is 11.8 Å². The van der Waals surface area contributed by atoms with Gasteiger partial charge >= 0.3 is 0 Å². The van der Waals surface area contributed by atoms with E-state index in [1.54, 1.807) is 0 Å². The van der Waals surface area contributed by atoms with Crippen LogP contribution in [0.25, 0.3) is 0 Å². The predicted octanol–water partition coefficient (Wildman–Crippen LogP) is 2.46. The van der Waals surface area contributed by atoms with Gasteiger partial charge in [-0.1, -0.05) is 18.2 Å². The zero-order valence-electron chi connectivity index (χ0n) is 10.7. The summed E-state index contributed by atoms with van der Waals surface area (Å²) in [5.41, 5.74) is 0. The van der Waals surface area contributed by atoms with Crippen molar-refractivity contribution in [2.75, 3.05) is 25.4 Å². The second-order valence-electron chi connectivity index (χ2n) is 4.76. The van der Waals surface area contributed by atoms with Crippen LogP contribution in [-0.4, -0.2) is 42.4 Å². The molecule has 17 heavy (non-hydrogen) atoms. The Morgan fingerprint density at radius 3 is 2.47 bits per heavy atom. The lowest BCUT2D eigenvalue weighted by Crippen LogP contribution is -2.55. The first kappa shape index (κ1) is 12.9. The van der Waals surface area contributed by atoms with Crippen LogP contribution >= 0.6 is 11.8 Å². The molecule has 0 saturated carbocycles. The monoisotopic (exact) mass is 250 g/mol. The number of nitrogens with one attached hydrogen (secondary N) is 1. The fourth-order valence-corrected chi connectivity index (χ4v) is 3.28. The lowest BCUT2D eigenvalue weighted by molar-refractivity contribution is 0.126. The molecule has 1 saturated heterocycles. The Hall–Kier alpha value is -0.510. The number of thioether (sulfide) groups is 1. The molecule has 1 aliphatic heterocycles. The second kappa shape index (κ2) is 6.43. The van der Waals surface area contributed by atoms with Gasteiger partial charge in [0.25, 0.3) is 0 Å². The number of hydrogen-bond donors (Lipinski definition) is 1. The molecule has 2 unspecified atom stereocenters. The normalized spacial score (nSPS) is 26.0. The molecule has 1 aromatic carbocycles. The molecular weight excluding hydrogens is 228 g/mol. The lowest BCUT2D eigenvalue weighted by atomic mass is 10.1. The zero-order chi connectivity index (χ0) is 12.1. The van der Waals surface area contributed by atoms with Crippen LogP contribution in [0.1, 0.15) is 13.8 Å². The molecule has 1 aromatic rings. The van der Waals surface area contributed by atoms with Crippen LogP contribution in [0.2, 0.25) is 0 Å². The fraction of sp³-hybridized carbons (Fsp3) is 0.571. The van der Waals surface area contributed by atoms with Gasteiger partial charge in [0.2, 0.25) is 0 Å². The molecule has 1 fully saturated rings. The van der Waals surface area contributed by atoms with Crippen LogP contribution in [0.5, 0.6) is 0 Å². The van der Waals surface area contributed by atoms with Crippen molar-refractivity contribution in [2.45, 2.75) is 30.8 Å². The highest BCUT2D eigenvalue weighted by Crippen LogP contribution is 2.18. The highest BCUT2D eigenvalue weighted by atomic mass is 32.2. The van der Waals surface area contributed by atoms with Crippen LogP contribution in [-0.2, 0) is 0 Å². The van der Waals surface area contributed by atoms with Crippen molar-refractivity contribution < 1.29 is 0 Å². The molecule has 0 aliphatic carbocycles. The van der Waals surface area contributed by atoms with Gasteiger partial charge in [-0.05, 0) is 26.0 Å². The summed E-state index contributed by atoms with van der Waals surface area (Å²) in [5.74, 6) is 1.18. The Kier molecular flexibility index (Phi) is 4.89. The fourth-order valence-electron chi connectivity index (χ4n) is 2.40. The number of nitrogens with zero attached hydrogens (tertiary/aromatic N) is 1. The zero-order valence-corrected chi connectivity index (χ0v) is 11.5. The maximum absolute atomic E-state index is 3.47. The summed E-state index contributed by atoms with van der Waals surface area (Å²) in [7, 11) is 0. The average molecular weight is 250 g/mol. The van der Waals surface area contributed by atoms with Gasteiger partial charge in [-0.3, -0.25) is 4.90 Å². The molecule has 2 nitrogen and oxygen atoms in total. The lowest BCUT2D eigenvalue weighted by Gasteiger charge is -2.39. The standard InChI is InChI=1S/C14H22N2S/c1-12-10-15-11-13(2)16(12)8-9-17-14-6-4-3-5-7-14/h3-7,12-13,15H,8-11H2,1-2H3. The van der Waals surface area contributed by atoms with Crippen molar-refractivity contribution in [2.24, 2.45) is 0 Å². The Bertz CT molecular complexity index is 318. The van der Waals surface area contributed by atoms with E-state index in [4.69, 9.17) is 0 Å². The van der Waals surface area contributed by atoms with Gasteiger partial charge in [0.15, 0.2) is 0 Å². The molecule has 0 aromatic heterocycles. The molecule has 2 atom stereocenters. The maximum Gasteiger partial charge on any atom is 0.0196 e. The molecular formula is C14H22N2S. The van der Waals surface area contributed by atoms with E-state index in [-0.39, 0.29) is 0 Å². The van der Waals surface area contributed by atoms with E-state index < -0.39 is 0 Å². The minimum atomic E-state index is 0.662. The topological polar surface area (TPSA) is 15.3 Å². The third-order valence-electron chi connectivity index (χ3n) is 3.37. The molecule has 94 valence electrons. The number of hydrogen-bond acceptors (Lipinski definition) is 3. The predicted molar refractivity (Wildman–Crippen MR) is 75.7 cm³/mol. The first-order chi connectivity index (χ1) is 8.27. The molecule has 3 heteroatoms. The first-order valence-electron chi connectivity index (χ1n) is 6.41. The van der Waals surface area contributed by atoms with E-state index in [9.17, 15) is 0 Å². The van der Waals surface area contributed by atoms with E-state index in [0.29, 0.717) is 12.1 Å². The summed E-state index contributed by atoms with van der Waals surface area (Å²) in [6, 6.07) is 12.0. The third-order valence-corrected chi connectivity index (χ3v) is 4.37.